The molecule has 0 spiro atoms. The van der Waals surface area contributed by atoms with Gasteiger partial charge in [0, 0.05) is 25.6 Å². The number of carbonyl (C=O) groups is 2. The largest absolute Gasteiger partial charge is 0.448 e. The van der Waals surface area contributed by atoms with Gasteiger partial charge in [0.25, 0.3) is 0 Å². The van der Waals surface area contributed by atoms with Gasteiger partial charge in [-0.3, -0.25) is 9.69 Å². The minimum absolute atomic E-state index is 0.0314. The quantitative estimate of drug-likeness (QED) is 0.750. The number of hydrogen-bond acceptors (Lipinski definition) is 4. The number of benzene rings is 1. The third-order valence-corrected chi connectivity index (χ3v) is 6.25. The van der Waals surface area contributed by atoms with Crippen molar-refractivity contribution in [1.82, 2.24) is 14.7 Å². The SMILES string of the molecule is CCCCN1C[C@H]2CN(C(=O)CN3CCOC3=O)[C@H](c3cccc(F)c3)[C@H]2C1. The maximum atomic E-state index is 13.9. The number of ether oxygens (including phenoxy) is 1. The summed E-state index contributed by atoms with van der Waals surface area (Å²) in [7, 11) is 0. The number of cyclic esters (lactones) is 1. The van der Waals surface area contributed by atoms with Crippen molar-refractivity contribution in [2.75, 3.05) is 45.9 Å². The summed E-state index contributed by atoms with van der Waals surface area (Å²) in [5.41, 5.74) is 0.849. The number of fused-ring (bicyclic) bond motifs is 1. The monoisotopic (exact) mass is 389 g/mol. The summed E-state index contributed by atoms with van der Waals surface area (Å²) in [6, 6.07) is 6.47. The standard InChI is InChI=1S/C21H28FN3O3/c1-2-3-7-23-11-16-12-25(19(26)14-24-8-9-28-21(24)27)20(18(16)13-23)15-5-4-6-17(22)10-15/h4-6,10,16,18,20H,2-3,7-9,11-14H2,1H3/t16-,18-,20+/m0/s1. The van der Waals surface area contributed by atoms with Gasteiger partial charge in [-0.05, 0) is 36.6 Å². The highest BCUT2D eigenvalue weighted by molar-refractivity contribution is 5.83. The lowest BCUT2D eigenvalue weighted by atomic mass is 9.89. The fraction of sp³-hybridized carbons (Fsp3) is 0.619. The van der Waals surface area contributed by atoms with Crippen LogP contribution in [0.3, 0.4) is 0 Å². The smallest absolute Gasteiger partial charge is 0.410 e. The molecular formula is C21H28FN3O3. The van der Waals surface area contributed by atoms with E-state index in [0.717, 1.165) is 31.6 Å². The molecule has 1 aromatic rings. The first-order chi connectivity index (χ1) is 13.6. The highest BCUT2D eigenvalue weighted by Crippen LogP contribution is 2.45. The third kappa shape index (κ3) is 3.72. The molecule has 0 aromatic heterocycles. The fourth-order valence-electron chi connectivity index (χ4n) is 4.90. The molecule has 4 rings (SSSR count). The Morgan fingerprint density at radius 1 is 1.29 bits per heavy atom. The maximum Gasteiger partial charge on any atom is 0.410 e. The van der Waals surface area contributed by atoms with Crippen LogP contribution < -0.4 is 0 Å². The molecular weight excluding hydrogens is 361 g/mol. The molecule has 0 saturated carbocycles. The van der Waals surface area contributed by atoms with E-state index in [1.807, 2.05) is 11.0 Å². The van der Waals surface area contributed by atoms with Crippen LogP contribution in [0.5, 0.6) is 0 Å². The van der Waals surface area contributed by atoms with Gasteiger partial charge in [0.1, 0.15) is 19.0 Å². The topological polar surface area (TPSA) is 53.1 Å². The van der Waals surface area contributed by atoms with E-state index in [2.05, 4.69) is 11.8 Å². The number of likely N-dealkylation sites (tertiary alicyclic amines) is 2. The number of rotatable bonds is 6. The Kier molecular flexibility index (Phi) is 5.53. The lowest BCUT2D eigenvalue weighted by molar-refractivity contribution is -0.133. The van der Waals surface area contributed by atoms with Gasteiger partial charge in [-0.2, -0.15) is 0 Å². The second-order valence-corrected chi connectivity index (χ2v) is 8.12. The average Bonchev–Trinajstić information content (AvgIpc) is 3.34. The number of carbonyl (C=O) groups excluding carboxylic acids is 2. The minimum atomic E-state index is -0.430. The maximum absolute atomic E-state index is 13.9. The van der Waals surface area contributed by atoms with Crippen molar-refractivity contribution in [1.29, 1.82) is 0 Å². The van der Waals surface area contributed by atoms with E-state index >= 15 is 0 Å². The number of halogens is 1. The van der Waals surface area contributed by atoms with Gasteiger partial charge >= 0.3 is 6.09 Å². The van der Waals surface area contributed by atoms with Gasteiger partial charge in [0.15, 0.2) is 0 Å². The predicted molar refractivity (Wildman–Crippen MR) is 102 cm³/mol. The van der Waals surface area contributed by atoms with E-state index < -0.39 is 6.09 Å². The molecule has 1 aromatic carbocycles. The first-order valence-corrected chi connectivity index (χ1v) is 10.3. The molecule has 3 saturated heterocycles. The van der Waals surface area contributed by atoms with Crippen molar-refractivity contribution in [2.24, 2.45) is 11.8 Å². The summed E-state index contributed by atoms with van der Waals surface area (Å²) in [5.74, 6) is 0.327. The molecule has 3 atom stereocenters. The van der Waals surface area contributed by atoms with Crippen LogP contribution in [0, 0.1) is 17.7 Å². The summed E-state index contributed by atoms with van der Waals surface area (Å²) in [4.78, 5) is 30.6. The van der Waals surface area contributed by atoms with E-state index in [0.29, 0.717) is 31.5 Å². The van der Waals surface area contributed by atoms with E-state index in [4.69, 9.17) is 4.74 Å². The first-order valence-electron chi connectivity index (χ1n) is 10.3. The lowest BCUT2D eigenvalue weighted by Crippen LogP contribution is -2.42. The van der Waals surface area contributed by atoms with Gasteiger partial charge in [-0.15, -0.1) is 0 Å². The molecule has 28 heavy (non-hydrogen) atoms. The Morgan fingerprint density at radius 3 is 2.86 bits per heavy atom. The molecule has 2 amide bonds. The van der Waals surface area contributed by atoms with E-state index in [1.54, 1.807) is 12.1 Å². The van der Waals surface area contributed by atoms with E-state index in [9.17, 15) is 14.0 Å². The Bertz CT molecular complexity index is 743. The average molecular weight is 389 g/mol. The van der Waals surface area contributed by atoms with Crippen molar-refractivity contribution in [3.05, 3.63) is 35.6 Å². The van der Waals surface area contributed by atoms with Crippen LogP contribution in [0.1, 0.15) is 31.4 Å². The second kappa shape index (κ2) is 8.07. The van der Waals surface area contributed by atoms with Crippen LogP contribution in [0.2, 0.25) is 0 Å². The summed E-state index contributed by atoms with van der Waals surface area (Å²) in [5, 5.41) is 0. The van der Waals surface area contributed by atoms with Gasteiger partial charge in [-0.25, -0.2) is 9.18 Å². The molecule has 152 valence electrons. The van der Waals surface area contributed by atoms with Crippen molar-refractivity contribution in [2.45, 2.75) is 25.8 Å². The highest BCUT2D eigenvalue weighted by Gasteiger charge is 2.49. The first kappa shape index (κ1) is 19.2. The summed E-state index contributed by atoms with van der Waals surface area (Å²) >= 11 is 0. The Balaban J connectivity index is 1.54. The molecule has 3 fully saturated rings. The minimum Gasteiger partial charge on any atom is -0.448 e. The third-order valence-electron chi connectivity index (χ3n) is 6.25. The Morgan fingerprint density at radius 2 is 2.14 bits per heavy atom. The normalized spacial score (nSPS) is 27.4. The van der Waals surface area contributed by atoms with Crippen molar-refractivity contribution in [3.63, 3.8) is 0 Å². The molecule has 0 N–H and O–H groups in total. The summed E-state index contributed by atoms with van der Waals surface area (Å²) < 4.78 is 18.9. The van der Waals surface area contributed by atoms with Crippen LogP contribution >= 0.6 is 0 Å². The molecule has 3 heterocycles. The number of unbranched alkanes of at least 4 members (excludes halogenated alkanes) is 1. The number of hydrogen-bond donors (Lipinski definition) is 0. The van der Waals surface area contributed by atoms with Gasteiger partial charge < -0.3 is 14.5 Å². The van der Waals surface area contributed by atoms with Crippen LogP contribution in [-0.2, 0) is 9.53 Å². The second-order valence-electron chi connectivity index (χ2n) is 8.12. The fourth-order valence-corrected chi connectivity index (χ4v) is 4.90. The molecule has 7 heteroatoms. The van der Waals surface area contributed by atoms with E-state index in [1.165, 1.54) is 17.4 Å². The van der Waals surface area contributed by atoms with Gasteiger partial charge in [-0.1, -0.05) is 25.5 Å². The molecule has 0 aliphatic carbocycles. The zero-order valence-corrected chi connectivity index (χ0v) is 16.3. The molecule has 6 nitrogen and oxygen atoms in total. The molecule has 3 aliphatic rings. The molecule has 0 bridgehead atoms. The number of nitrogens with zero attached hydrogens (tertiary/aromatic N) is 3. The zero-order chi connectivity index (χ0) is 19.7. The van der Waals surface area contributed by atoms with E-state index in [-0.39, 0.29) is 24.3 Å². The van der Waals surface area contributed by atoms with Crippen LogP contribution in [0.15, 0.2) is 24.3 Å². The summed E-state index contributed by atoms with van der Waals surface area (Å²) in [6.45, 7) is 6.65. The van der Waals surface area contributed by atoms with Crippen LogP contribution in [0.4, 0.5) is 9.18 Å². The van der Waals surface area contributed by atoms with Crippen molar-refractivity contribution >= 4 is 12.0 Å². The lowest BCUT2D eigenvalue weighted by Gasteiger charge is -2.31. The van der Waals surface area contributed by atoms with Crippen LogP contribution in [0.25, 0.3) is 0 Å². The van der Waals surface area contributed by atoms with Gasteiger partial charge in [0.2, 0.25) is 5.91 Å². The van der Waals surface area contributed by atoms with Crippen molar-refractivity contribution < 1.29 is 18.7 Å². The van der Waals surface area contributed by atoms with Crippen LogP contribution in [-0.4, -0.2) is 72.6 Å². The van der Waals surface area contributed by atoms with Crippen molar-refractivity contribution in [3.8, 4) is 0 Å². The Labute approximate surface area is 165 Å². The zero-order valence-electron chi connectivity index (χ0n) is 16.3. The predicted octanol–water partition coefficient (Wildman–Crippen LogP) is 2.51. The number of amides is 2. The Hall–Kier alpha value is -2.15. The molecule has 0 unspecified atom stereocenters. The highest BCUT2D eigenvalue weighted by atomic mass is 19.1. The molecule has 0 radical (unpaired) electrons. The summed E-state index contributed by atoms with van der Waals surface area (Å²) in [6.07, 6.45) is 1.90. The van der Waals surface area contributed by atoms with Gasteiger partial charge in [0.05, 0.1) is 12.6 Å². The molecule has 3 aliphatic heterocycles.